The van der Waals surface area contributed by atoms with E-state index in [9.17, 15) is 4.79 Å². The van der Waals surface area contributed by atoms with Crippen molar-refractivity contribution < 1.29 is 4.79 Å². The second kappa shape index (κ2) is 6.55. The quantitative estimate of drug-likeness (QED) is 0.753. The number of benzene rings is 1. The molecule has 1 aromatic carbocycles. The van der Waals surface area contributed by atoms with Crippen LogP contribution in [-0.2, 0) is 4.79 Å². The molecule has 1 heterocycles. The number of hydrogen-bond donors (Lipinski definition) is 0. The van der Waals surface area contributed by atoms with Crippen LogP contribution in [0.25, 0.3) is 6.08 Å². The van der Waals surface area contributed by atoms with Gasteiger partial charge in [-0.2, -0.15) is 0 Å². The molecule has 0 atom stereocenters. The SMILES string of the molecule is CC(C)c1ccc(C=CC(=O)N2CCCCC2)cc1. The van der Waals surface area contributed by atoms with Gasteiger partial charge < -0.3 is 4.90 Å². The molecule has 0 N–H and O–H groups in total. The predicted octanol–water partition coefficient (Wildman–Crippen LogP) is 3.84. The molecule has 0 radical (unpaired) electrons. The van der Waals surface area contributed by atoms with Crippen molar-refractivity contribution in [2.24, 2.45) is 0 Å². The zero-order valence-corrected chi connectivity index (χ0v) is 11.9. The molecule has 102 valence electrons. The Bertz CT molecular complexity index is 439. The van der Waals surface area contributed by atoms with Crippen molar-refractivity contribution in [3.8, 4) is 0 Å². The number of carbonyl (C=O) groups excluding carboxylic acids is 1. The Balaban J connectivity index is 1.95. The molecule has 0 saturated carbocycles. The van der Waals surface area contributed by atoms with Crippen molar-refractivity contribution in [3.63, 3.8) is 0 Å². The first-order valence-electron chi connectivity index (χ1n) is 7.24. The molecule has 2 nitrogen and oxygen atoms in total. The van der Waals surface area contributed by atoms with Crippen LogP contribution in [0.2, 0.25) is 0 Å². The van der Waals surface area contributed by atoms with E-state index in [1.807, 2.05) is 11.0 Å². The van der Waals surface area contributed by atoms with E-state index < -0.39 is 0 Å². The predicted molar refractivity (Wildman–Crippen MR) is 80.0 cm³/mol. The van der Waals surface area contributed by atoms with Crippen LogP contribution in [0.3, 0.4) is 0 Å². The van der Waals surface area contributed by atoms with E-state index in [0.717, 1.165) is 31.5 Å². The fourth-order valence-electron chi connectivity index (χ4n) is 2.38. The molecule has 1 aliphatic heterocycles. The maximum absolute atomic E-state index is 12.0. The summed E-state index contributed by atoms with van der Waals surface area (Å²) in [5.74, 6) is 0.695. The highest BCUT2D eigenvalue weighted by Crippen LogP contribution is 2.15. The number of hydrogen-bond acceptors (Lipinski definition) is 1. The van der Waals surface area contributed by atoms with Crippen LogP contribution in [0.5, 0.6) is 0 Å². The Morgan fingerprint density at radius 2 is 1.74 bits per heavy atom. The lowest BCUT2D eigenvalue weighted by Gasteiger charge is -2.25. The van der Waals surface area contributed by atoms with Gasteiger partial charge in [0.15, 0.2) is 0 Å². The lowest BCUT2D eigenvalue weighted by molar-refractivity contribution is -0.126. The minimum absolute atomic E-state index is 0.146. The standard InChI is InChI=1S/C17H23NO/c1-14(2)16-9-6-15(7-10-16)8-11-17(19)18-12-4-3-5-13-18/h6-11,14H,3-5,12-13H2,1-2H3. The fourth-order valence-corrected chi connectivity index (χ4v) is 2.38. The van der Waals surface area contributed by atoms with Crippen LogP contribution in [0.4, 0.5) is 0 Å². The highest BCUT2D eigenvalue weighted by molar-refractivity contribution is 5.91. The molecule has 1 aliphatic rings. The molecule has 2 rings (SSSR count). The summed E-state index contributed by atoms with van der Waals surface area (Å²) in [6.07, 6.45) is 7.16. The Morgan fingerprint density at radius 3 is 2.32 bits per heavy atom. The van der Waals surface area contributed by atoms with E-state index in [-0.39, 0.29) is 5.91 Å². The van der Waals surface area contributed by atoms with Gasteiger partial charge in [0.25, 0.3) is 0 Å². The zero-order valence-electron chi connectivity index (χ0n) is 11.9. The second-order valence-corrected chi connectivity index (χ2v) is 5.54. The summed E-state index contributed by atoms with van der Waals surface area (Å²) < 4.78 is 0. The number of rotatable bonds is 3. The number of carbonyl (C=O) groups is 1. The summed E-state index contributed by atoms with van der Waals surface area (Å²) in [6.45, 7) is 6.19. The number of nitrogens with zero attached hydrogens (tertiary/aromatic N) is 1. The summed E-state index contributed by atoms with van der Waals surface area (Å²) in [5, 5.41) is 0. The van der Waals surface area contributed by atoms with E-state index in [1.54, 1.807) is 6.08 Å². The first-order valence-corrected chi connectivity index (χ1v) is 7.24. The molecule has 1 amide bonds. The van der Waals surface area contributed by atoms with E-state index in [2.05, 4.69) is 38.1 Å². The minimum atomic E-state index is 0.146. The summed E-state index contributed by atoms with van der Waals surface area (Å²) >= 11 is 0. The van der Waals surface area contributed by atoms with Gasteiger partial charge in [-0.25, -0.2) is 0 Å². The third-order valence-corrected chi connectivity index (χ3v) is 3.69. The van der Waals surface area contributed by atoms with Gasteiger partial charge in [0, 0.05) is 19.2 Å². The molecule has 1 saturated heterocycles. The largest absolute Gasteiger partial charge is 0.339 e. The van der Waals surface area contributed by atoms with Crippen LogP contribution < -0.4 is 0 Å². The number of amides is 1. The smallest absolute Gasteiger partial charge is 0.246 e. The van der Waals surface area contributed by atoms with Crippen molar-refractivity contribution in [2.75, 3.05) is 13.1 Å². The topological polar surface area (TPSA) is 20.3 Å². The normalized spacial score (nSPS) is 16.3. The van der Waals surface area contributed by atoms with Crippen LogP contribution >= 0.6 is 0 Å². The summed E-state index contributed by atoms with van der Waals surface area (Å²) in [7, 11) is 0. The monoisotopic (exact) mass is 257 g/mol. The number of likely N-dealkylation sites (tertiary alicyclic amines) is 1. The lowest BCUT2D eigenvalue weighted by Crippen LogP contribution is -2.34. The zero-order chi connectivity index (χ0) is 13.7. The molecule has 0 aliphatic carbocycles. The van der Waals surface area contributed by atoms with Gasteiger partial charge in [-0.05, 0) is 42.4 Å². The van der Waals surface area contributed by atoms with Gasteiger partial charge in [0.2, 0.25) is 5.91 Å². The third-order valence-electron chi connectivity index (χ3n) is 3.69. The van der Waals surface area contributed by atoms with E-state index >= 15 is 0 Å². The Hall–Kier alpha value is -1.57. The molecule has 1 aromatic rings. The van der Waals surface area contributed by atoms with Crippen molar-refractivity contribution in [2.45, 2.75) is 39.0 Å². The first-order chi connectivity index (χ1) is 9.16. The van der Waals surface area contributed by atoms with Crippen molar-refractivity contribution in [1.29, 1.82) is 0 Å². The van der Waals surface area contributed by atoms with Crippen LogP contribution in [-0.4, -0.2) is 23.9 Å². The van der Waals surface area contributed by atoms with Crippen LogP contribution in [0, 0.1) is 0 Å². The third kappa shape index (κ3) is 3.95. The van der Waals surface area contributed by atoms with E-state index in [0.29, 0.717) is 5.92 Å². The van der Waals surface area contributed by atoms with Gasteiger partial charge in [0.05, 0.1) is 0 Å². The molecule has 19 heavy (non-hydrogen) atoms. The van der Waals surface area contributed by atoms with Crippen molar-refractivity contribution in [3.05, 3.63) is 41.5 Å². The molecule has 1 fully saturated rings. The highest BCUT2D eigenvalue weighted by Gasteiger charge is 2.13. The van der Waals surface area contributed by atoms with E-state index in [4.69, 9.17) is 0 Å². The Kier molecular flexibility index (Phi) is 4.78. The average molecular weight is 257 g/mol. The van der Waals surface area contributed by atoms with E-state index in [1.165, 1.54) is 12.0 Å². The van der Waals surface area contributed by atoms with Crippen molar-refractivity contribution >= 4 is 12.0 Å². The summed E-state index contributed by atoms with van der Waals surface area (Å²) in [6, 6.07) is 8.43. The summed E-state index contributed by atoms with van der Waals surface area (Å²) in [4.78, 5) is 13.9. The molecular weight excluding hydrogens is 234 g/mol. The molecule has 0 unspecified atom stereocenters. The maximum atomic E-state index is 12.0. The highest BCUT2D eigenvalue weighted by atomic mass is 16.2. The Labute approximate surface area is 116 Å². The van der Waals surface area contributed by atoms with Gasteiger partial charge >= 0.3 is 0 Å². The molecule has 0 aromatic heterocycles. The van der Waals surface area contributed by atoms with Gasteiger partial charge in [-0.3, -0.25) is 4.79 Å². The van der Waals surface area contributed by atoms with Gasteiger partial charge in [-0.15, -0.1) is 0 Å². The maximum Gasteiger partial charge on any atom is 0.246 e. The fraction of sp³-hybridized carbons (Fsp3) is 0.471. The molecule has 0 spiro atoms. The van der Waals surface area contributed by atoms with Crippen LogP contribution in [0.1, 0.15) is 50.2 Å². The second-order valence-electron chi connectivity index (χ2n) is 5.54. The minimum Gasteiger partial charge on any atom is -0.339 e. The van der Waals surface area contributed by atoms with Gasteiger partial charge in [-0.1, -0.05) is 38.1 Å². The molecular formula is C17H23NO. The number of piperidine rings is 1. The Morgan fingerprint density at radius 1 is 1.11 bits per heavy atom. The average Bonchev–Trinajstić information content (AvgIpc) is 2.46. The molecule has 2 heteroatoms. The van der Waals surface area contributed by atoms with Gasteiger partial charge in [0.1, 0.15) is 0 Å². The van der Waals surface area contributed by atoms with Crippen molar-refractivity contribution in [1.82, 2.24) is 4.90 Å². The summed E-state index contributed by atoms with van der Waals surface area (Å²) in [5.41, 5.74) is 2.43. The molecule has 0 bridgehead atoms. The first kappa shape index (κ1) is 13.9. The van der Waals surface area contributed by atoms with Crippen LogP contribution in [0.15, 0.2) is 30.3 Å². The lowest BCUT2D eigenvalue weighted by atomic mass is 10.0.